The average molecular weight is 529 g/mol. The van der Waals surface area contributed by atoms with Crippen LogP contribution in [0.5, 0.6) is 0 Å². The van der Waals surface area contributed by atoms with Crippen molar-refractivity contribution in [2.75, 3.05) is 25.4 Å². The molecule has 0 aliphatic carbocycles. The largest absolute Gasteiger partial charge is 2.00 e. The zero-order valence-corrected chi connectivity index (χ0v) is 26.2. The van der Waals surface area contributed by atoms with Gasteiger partial charge < -0.3 is 9.55 Å². The monoisotopic (exact) mass is 528 g/mol. The van der Waals surface area contributed by atoms with Crippen LogP contribution in [-0.4, -0.2) is 61.0 Å². The van der Waals surface area contributed by atoms with Crippen LogP contribution < -0.4 is 0 Å². The molecule has 0 saturated heterocycles. The first-order valence-corrected chi connectivity index (χ1v) is 18.7. The molecular formula is C25H51CoN2P2Si+3. The standard InChI is InChI=1S/C25H49N2P2Si.Co/c1-20(2)28(21(3)4)18-16-27(17-19-29(22(5)6)23(7)8)30(10,11)26-25-14-12-24(9)13-15-25;/h12-15,20-23H,16-19H2,1-11H3;/q-1;+2/p+2. The SMILES string of the molecule is Cc1ccc([N-][Si](C)(C)N(CC[PH+](C(C)C)C(C)C)CC[PH+](C(C)C)C(C)C)cc1.[Co+2]. The molecule has 0 amide bonds. The van der Waals surface area contributed by atoms with Crippen molar-refractivity contribution >= 4 is 29.9 Å². The van der Waals surface area contributed by atoms with Gasteiger partial charge in [-0.1, -0.05) is 42.9 Å². The minimum absolute atomic E-state index is 0. The first-order valence-electron chi connectivity index (χ1n) is 12.1. The van der Waals surface area contributed by atoms with Crippen LogP contribution in [0.1, 0.15) is 61.0 Å². The van der Waals surface area contributed by atoms with Crippen LogP contribution in [0.2, 0.25) is 13.1 Å². The van der Waals surface area contributed by atoms with Gasteiger partial charge in [0.1, 0.15) is 0 Å². The first-order chi connectivity index (χ1) is 13.8. The van der Waals surface area contributed by atoms with Gasteiger partial charge in [-0.3, -0.25) is 0 Å². The molecule has 0 atom stereocenters. The van der Waals surface area contributed by atoms with Crippen LogP contribution in [-0.2, 0) is 16.8 Å². The Hall–Kier alpha value is 0.563. The van der Waals surface area contributed by atoms with E-state index in [9.17, 15) is 0 Å². The van der Waals surface area contributed by atoms with Crippen molar-refractivity contribution in [2.24, 2.45) is 0 Å². The average Bonchev–Trinajstić information content (AvgIpc) is 2.60. The Morgan fingerprint density at radius 2 is 1.10 bits per heavy atom. The van der Waals surface area contributed by atoms with Crippen LogP contribution in [0.4, 0.5) is 5.69 Å². The third kappa shape index (κ3) is 11.0. The molecule has 0 aliphatic rings. The van der Waals surface area contributed by atoms with E-state index < -0.39 is 8.40 Å². The van der Waals surface area contributed by atoms with E-state index in [0.717, 1.165) is 22.6 Å². The summed E-state index contributed by atoms with van der Waals surface area (Å²) in [6, 6.07) is 8.81. The Morgan fingerprint density at radius 3 is 1.42 bits per heavy atom. The molecule has 6 heteroatoms. The number of nitrogens with zero attached hydrogens (tertiary/aromatic N) is 2. The van der Waals surface area contributed by atoms with Crippen LogP contribution in [0.25, 0.3) is 4.98 Å². The van der Waals surface area contributed by atoms with Crippen molar-refractivity contribution in [3.05, 3.63) is 34.8 Å². The van der Waals surface area contributed by atoms with Gasteiger partial charge in [-0.2, -0.15) is 0 Å². The third-order valence-corrected chi connectivity index (χ3v) is 16.9. The van der Waals surface area contributed by atoms with Crippen LogP contribution in [0.15, 0.2) is 24.3 Å². The fourth-order valence-electron chi connectivity index (χ4n) is 4.68. The molecule has 0 fully saturated rings. The van der Waals surface area contributed by atoms with Crippen LogP contribution >= 0.6 is 15.8 Å². The number of hydrogen-bond donors (Lipinski definition) is 0. The summed E-state index contributed by atoms with van der Waals surface area (Å²) >= 11 is 0. The number of rotatable bonds is 13. The molecule has 0 saturated carbocycles. The molecular weight excluding hydrogens is 477 g/mol. The molecule has 1 aromatic rings. The molecule has 1 radical (unpaired) electrons. The predicted molar refractivity (Wildman–Crippen MR) is 150 cm³/mol. The van der Waals surface area contributed by atoms with Crippen LogP contribution in [0.3, 0.4) is 0 Å². The summed E-state index contributed by atoms with van der Waals surface area (Å²) in [6.45, 7) is 29.1. The maximum absolute atomic E-state index is 5.36. The molecule has 2 nitrogen and oxygen atoms in total. The smallest absolute Gasteiger partial charge is 0.675 e. The molecule has 1 aromatic carbocycles. The summed E-state index contributed by atoms with van der Waals surface area (Å²) in [5, 5.41) is 0. The summed E-state index contributed by atoms with van der Waals surface area (Å²) in [4.78, 5) is 5.36. The van der Waals surface area contributed by atoms with Crippen molar-refractivity contribution in [1.29, 1.82) is 0 Å². The maximum atomic E-state index is 5.36. The van der Waals surface area contributed by atoms with E-state index in [1.165, 1.54) is 36.7 Å². The molecule has 0 aliphatic heterocycles. The fourth-order valence-corrected chi connectivity index (χ4v) is 13.4. The zero-order valence-electron chi connectivity index (χ0n) is 22.2. The van der Waals surface area contributed by atoms with Gasteiger partial charge in [0, 0.05) is 37.3 Å². The molecule has 0 bridgehead atoms. The second-order valence-corrected chi connectivity index (χ2v) is 22.5. The molecule has 1 rings (SSSR count). The van der Waals surface area contributed by atoms with Crippen molar-refractivity contribution in [3.8, 4) is 0 Å². The van der Waals surface area contributed by atoms with Crippen molar-refractivity contribution < 1.29 is 16.8 Å². The fraction of sp³-hybridized carbons (Fsp3) is 0.760. The summed E-state index contributed by atoms with van der Waals surface area (Å²) in [5.41, 5.74) is 5.87. The Bertz CT molecular complexity index is 566. The van der Waals surface area contributed by atoms with E-state index in [4.69, 9.17) is 4.98 Å². The van der Waals surface area contributed by atoms with Crippen molar-refractivity contribution in [1.82, 2.24) is 4.57 Å². The molecule has 0 heterocycles. The van der Waals surface area contributed by atoms with E-state index in [1.54, 1.807) is 0 Å². The van der Waals surface area contributed by atoms with E-state index >= 15 is 0 Å². The van der Waals surface area contributed by atoms with Gasteiger partial charge in [-0.15, -0.1) is 5.69 Å². The quantitative estimate of drug-likeness (QED) is 0.187. The summed E-state index contributed by atoms with van der Waals surface area (Å²) < 4.78 is 2.84. The van der Waals surface area contributed by atoms with Crippen molar-refractivity contribution in [3.63, 3.8) is 0 Å². The van der Waals surface area contributed by atoms with Gasteiger partial charge in [0.05, 0.1) is 35.0 Å². The van der Waals surface area contributed by atoms with E-state index in [-0.39, 0.29) is 32.6 Å². The maximum Gasteiger partial charge on any atom is 2.00 e. The summed E-state index contributed by atoms with van der Waals surface area (Å²) in [6.07, 6.45) is 2.79. The van der Waals surface area contributed by atoms with E-state index in [0.29, 0.717) is 0 Å². The predicted octanol–water partition coefficient (Wildman–Crippen LogP) is 8.06. The molecule has 0 spiro atoms. The number of benzene rings is 1. The second kappa shape index (κ2) is 14.7. The summed E-state index contributed by atoms with van der Waals surface area (Å²) in [7, 11) is -2.54. The van der Waals surface area contributed by atoms with Crippen LogP contribution in [0, 0.1) is 6.92 Å². The van der Waals surface area contributed by atoms with Gasteiger partial charge in [-0.25, -0.2) is 0 Å². The van der Waals surface area contributed by atoms with Gasteiger partial charge in [0.15, 0.2) is 0 Å². The number of hydrogen-bond acceptors (Lipinski definition) is 1. The third-order valence-electron chi connectivity index (χ3n) is 6.52. The van der Waals surface area contributed by atoms with Gasteiger partial charge in [0.25, 0.3) is 0 Å². The molecule has 0 unspecified atom stereocenters. The summed E-state index contributed by atoms with van der Waals surface area (Å²) in [5.74, 6) is 0. The van der Waals surface area contributed by atoms with Gasteiger partial charge >= 0.3 is 16.8 Å². The Kier molecular flexibility index (Phi) is 15.0. The minimum atomic E-state index is -1.87. The Balaban J connectivity index is 0.00000900. The molecule has 181 valence electrons. The Labute approximate surface area is 209 Å². The molecule has 31 heavy (non-hydrogen) atoms. The normalized spacial score (nSPS) is 12.7. The molecule has 0 N–H and O–H groups in total. The topological polar surface area (TPSA) is 17.3 Å². The zero-order chi connectivity index (χ0) is 23.1. The molecule has 0 aromatic heterocycles. The minimum Gasteiger partial charge on any atom is -0.675 e. The number of aryl methyl sites for hydroxylation is 1. The Morgan fingerprint density at radius 1 is 0.742 bits per heavy atom. The second-order valence-electron chi connectivity index (χ2n) is 10.7. The van der Waals surface area contributed by atoms with Gasteiger partial charge in [-0.05, 0) is 62.3 Å². The van der Waals surface area contributed by atoms with Crippen molar-refractivity contribution in [2.45, 2.75) is 98.0 Å². The van der Waals surface area contributed by atoms with E-state index in [1.807, 2.05) is 0 Å². The van der Waals surface area contributed by atoms with Gasteiger partial charge in [0.2, 0.25) is 0 Å². The first kappa shape index (κ1) is 31.6. The van der Waals surface area contributed by atoms with E-state index in [2.05, 4.69) is 104 Å².